The van der Waals surface area contributed by atoms with Gasteiger partial charge in [-0.2, -0.15) is 0 Å². The van der Waals surface area contributed by atoms with Gasteiger partial charge in [0, 0.05) is 12.8 Å². The Labute approximate surface area is 122 Å². The summed E-state index contributed by atoms with van der Waals surface area (Å²) in [5, 5.41) is 0. The van der Waals surface area contributed by atoms with Gasteiger partial charge in [0.25, 0.3) is 0 Å². The predicted octanol–water partition coefficient (Wildman–Crippen LogP) is 2.31. The molecule has 112 valence electrons. The molecule has 0 amide bonds. The number of ether oxygens (including phenoxy) is 2. The van der Waals surface area contributed by atoms with Crippen LogP contribution in [-0.2, 0) is 0 Å². The van der Waals surface area contributed by atoms with Crippen molar-refractivity contribution in [3.63, 3.8) is 0 Å². The molecule has 1 aromatic rings. The van der Waals surface area contributed by atoms with E-state index in [2.05, 4.69) is 0 Å². The molecule has 0 aromatic heterocycles. The van der Waals surface area contributed by atoms with Crippen molar-refractivity contribution in [2.45, 2.75) is 38.5 Å². The Morgan fingerprint density at radius 1 is 0.950 bits per heavy atom. The van der Waals surface area contributed by atoms with Crippen LogP contribution in [0.15, 0.2) is 24.3 Å². The van der Waals surface area contributed by atoms with Crippen molar-refractivity contribution in [1.82, 2.24) is 0 Å². The fourth-order valence-corrected chi connectivity index (χ4v) is 2.88. The molecule has 0 saturated carbocycles. The van der Waals surface area contributed by atoms with Crippen molar-refractivity contribution < 1.29 is 14.4 Å². The minimum Gasteiger partial charge on any atom is -0.493 e. The number of quaternary nitrogens is 1. The highest BCUT2D eigenvalue weighted by Gasteiger charge is 2.13. The van der Waals surface area contributed by atoms with E-state index in [1.165, 1.54) is 51.7 Å². The number of unbranched alkanes of at least 4 members (excludes halogenated alkanes) is 3. The zero-order valence-electron chi connectivity index (χ0n) is 12.7. The summed E-state index contributed by atoms with van der Waals surface area (Å²) in [5.41, 5.74) is 0. The van der Waals surface area contributed by atoms with Crippen molar-refractivity contribution in [1.29, 1.82) is 0 Å². The highest BCUT2D eigenvalue weighted by molar-refractivity contribution is 5.39. The van der Waals surface area contributed by atoms with Gasteiger partial charge >= 0.3 is 0 Å². The summed E-state index contributed by atoms with van der Waals surface area (Å²) in [7, 11) is 1.68. The molecule has 3 nitrogen and oxygen atoms in total. The molecule has 2 rings (SSSR count). The van der Waals surface area contributed by atoms with Crippen molar-refractivity contribution in [3.8, 4) is 11.5 Å². The molecule has 0 radical (unpaired) electrons. The number of rotatable bonds is 9. The summed E-state index contributed by atoms with van der Waals surface area (Å²) < 4.78 is 11.0. The van der Waals surface area contributed by atoms with Crippen LogP contribution in [0.5, 0.6) is 11.5 Å². The zero-order chi connectivity index (χ0) is 14.0. The van der Waals surface area contributed by atoms with Gasteiger partial charge in [0.1, 0.15) is 0 Å². The van der Waals surface area contributed by atoms with Crippen LogP contribution in [0.3, 0.4) is 0 Å². The fraction of sp³-hybridized carbons (Fsp3) is 0.647. The topological polar surface area (TPSA) is 22.9 Å². The van der Waals surface area contributed by atoms with Crippen LogP contribution in [0, 0.1) is 0 Å². The lowest BCUT2D eigenvalue weighted by molar-refractivity contribution is -0.887. The minimum atomic E-state index is 0.789. The highest BCUT2D eigenvalue weighted by atomic mass is 16.5. The Hall–Kier alpha value is -1.22. The van der Waals surface area contributed by atoms with E-state index in [0.717, 1.165) is 24.5 Å². The fourth-order valence-electron chi connectivity index (χ4n) is 2.88. The summed E-state index contributed by atoms with van der Waals surface area (Å²) >= 11 is 0. The van der Waals surface area contributed by atoms with Crippen LogP contribution in [0.1, 0.15) is 38.5 Å². The first kappa shape index (κ1) is 15.2. The second kappa shape index (κ2) is 8.85. The molecule has 1 aromatic carbocycles. The Kier molecular flexibility index (Phi) is 6.72. The van der Waals surface area contributed by atoms with Gasteiger partial charge in [-0.3, -0.25) is 0 Å². The smallest absolute Gasteiger partial charge is 0.161 e. The number of likely N-dealkylation sites (tertiary alicyclic amines) is 1. The van der Waals surface area contributed by atoms with Crippen LogP contribution >= 0.6 is 0 Å². The van der Waals surface area contributed by atoms with Crippen molar-refractivity contribution >= 4 is 0 Å². The monoisotopic (exact) mass is 278 g/mol. The largest absolute Gasteiger partial charge is 0.493 e. The Bertz CT molecular complexity index is 375. The lowest BCUT2D eigenvalue weighted by Gasteiger charge is -2.12. The summed E-state index contributed by atoms with van der Waals surface area (Å²) in [4.78, 5) is 1.82. The first-order valence-electron chi connectivity index (χ1n) is 7.99. The molecule has 1 fully saturated rings. The van der Waals surface area contributed by atoms with Gasteiger partial charge in [-0.15, -0.1) is 0 Å². The molecule has 1 heterocycles. The van der Waals surface area contributed by atoms with Crippen LogP contribution in [0.4, 0.5) is 0 Å². The third-order valence-electron chi connectivity index (χ3n) is 4.06. The van der Waals surface area contributed by atoms with Gasteiger partial charge in [-0.25, -0.2) is 0 Å². The number of hydrogen-bond donors (Lipinski definition) is 1. The Morgan fingerprint density at radius 2 is 1.65 bits per heavy atom. The Morgan fingerprint density at radius 3 is 2.40 bits per heavy atom. The third kappa shape index (κ3) is 5.04. The molecule has 3 heteroatoms. The molecule has 1 saturated heterocycles. The average Bonchev–Trinajstić information content (AvgIpc) is 3.00. The number of para-hydroxylation sites is 2. The van der Waals surface area contributed by atoms with E-state index < -0.39 is 0 Å². The SMILES string of the molecule is COc1ccccc1OCCCCCC[NH+]1CCCC1. The first-order valence-corrected chi connectivity index (χ1v) is 7.99. The van der Waals surface area contributed by atoms with Gasteiger partial charge in [0.2, 0.25) is 0 Å². The third-order valence-corrected chi connectivity index (χ3v) is 4.06. The molecule has 1 aliphatic rings. The van der Waals surface area contributed by atoms with Gasteiger partial charge in [-0.05, 0) is 37.8 Å². The second-order valence-corrected chi connectivity index (χ2v) is 5.62. The van der Waals surface area contributed by atoms with Gasteiger partial charge in [0.15, 0.2) is 11.5 Å². The van der Waals surface area contributed by atoms with Crippen molar-refractivity contribution in [3.05, 3.63) is 24.3 Å². The maximum Gasteiger partial charge on any atom is 0.161 e. The van der Waals surface area contributed by atoms with E-state index in [0.29, 0.717) is 0 Å². The van der Waals surface area contributed by atoms with Crippen LogP contribution in [-0.4, -0.2) is 33.4 Å². The van der Waals surface area contributed by atoms with E-state index in [1.54, 1.807) is 7.11 Å². The maximum absolute atomic E-state index is 5.78. The maximum atomic E-state index is 5.78. The van der Waals surface area contributed by atoms with Gasteiger partial charge in [0.05, 0.1) is 33.4 Å². The van der Waals surface area contributed by atoms with Crippen LogP contribution < -0.4 is 14.4 Å². The van der Waals surface area contributed by atoms with E-state index in [1.807, 2.05) is 29.2 Å². The molecule has 0 atom stereocenters. The summed E-state index contributed by atoms with van der Waals surface area (Å²) in [6.45, 7) is 4.96. The van der Waals surface area contributed by atoms with Gasteiger partial charge < -0.3 is 14.4 Å². The van der Waals surface area contributed by atoms with E-state index in [9.17, 15) is 0 Å². The average molecular weight is 278 g/mol. The predicted molar refractivity (Wildman–Crippen MR) is 81.8 cm³/mol. The molecule has 0 aliphatic carbocycles. The molecular formula is C17H28NO2+. The minimum absolute atomic E-state index is 0.789. The second-order valence-electron chi connectivity index (χ2n) is 5.62. The first-order chi connectivity index (χ1) is 9.90. The lowest BCUT2D eigenvalue weighted by atomic mass is 10.2. The normalized spacial score (nSPS) is 15.4. The summed E-state index contributed by atoms with van der Waals surface area (Å²) in [5.74, 6) is 1.68. The summed E-state index contributed by atoms with van der Waals surface area (Å²) in [6.07, 6.45) is 7.96. The van der Waals surface area contributed by atoms with Gasteiger partial charge in [-0.1, -0.05) is 12.1 Å². The van der Waals surface area contributed by atoms with E-state index >= 15 is 0 Å². The molecular weight excluding hydrogens is 250 g/mol. The molecule has 1 N–H and O–H groups in total. The number of hydrogen-bond acceptors (Lipinski definition) is 2. The van der Waals surface area contributed by atoms with Crippen molar-refractivity contribution in [2.24, 2.45) is 0 Å². The summed E-state index contributed by atoms with van der Waals surface area (Å²) in [6, 6.07) is 7.85. The number of methoxy groups -OCH3 is 1. The standard InChI is InChI=1S/C17H27NO2/c1-19-16-10-4-5-11-17(16)20-15-9-3-2-6-12-18-13-7-8-14-18/h4-5,10-11H,2-3,6-9,12-15H2,1H3/p+1. The number of benzene rings is 1. The van der Waals surface area contributed by atoms with Crippen molar-refractivity contribution in [2.75, 3.05) is 33.4 Å². The molecule has 0 unspecified atom stereocenters. The molecule has 0 bridgehead atoms. The molecule has 20 heavy (non-hydrogen) atoms. The Balaban J connectivity index is 1.50. The highest BCUT2D eigenvalue weighted by Crippen LogP contribution is 2.25. The van der Waals surface area contributed by atoms with E-state index in [4.69, 9.17) is 9.47 Å². The van der Waals surface area contributed by atoms with Crippen LogP contribution in [0.2, 0.25) is 0 Å². The zero-order valence-corrected chi connectivity index (χ0v) is 12.7. The van der Waals surface area contributed by atoms with E-state index in [-0.39, 0.29) is 0 Å². The molecule has 0 spiro atoms. The molecule has 1 aliphatic heterocycles. The number of nitrogens with one attached hydrogen (secondary N) is 1. The van der Waals surface area contributed by atoms with Crippen LogP contribution in [0.25, 0.3) is 0 Å². The quantitative estimate of drug-likeness (QED) is 0.701. The lowest BCUT2D eigenvalue weighted by Crippen LogP contribution is -3.09.